The van der Waals surface area contributed by atoms with Crippen LogP contribution in [0.3, 0.4) is 0 Å². The molecule has 6 heteroatoms. The third-order valence-electron chi connectivity index (χ3n) is 4.95. The molecule has 2 rings (SSSR count). The maximum absolute atomic E-state index is 12.2. The first-order chi connectivity index (χ1) is 7.68. The number of hydrogen-bond donors (Lipinski definition) is 1. The highest BCUT2D eigenvalue weighted by Gasteiger charge is 2.70. The van der Waals surface area contributed by atoms with E-state index in [2.05, 4.69) is 0 Å². The third-order valence-corrected chi connectivity index (χ3v) is 6.42. The highest BCUT2D eigenvalue weighted by molar-refractivity contribution is 7.85. The van der Waals surface area contributed by atoms with Gasteiger partial charge in [0, 0.05) is 10.8 Å². The Hall–Kier alpha value is -0.130. The zero-order valence-corrected chi connectivity index (χ0v) is 11.5. The van der Waals surface area contributed by atoms with Crippen LogP contribution >= 0.6 is 11.6 Å². The van der Waals surface area contributed by atoms with Crippen LogP contribution in [0.2, 0.25) is 0 Å². The minimum atomic E-state index is -4.10. The van der Waals surface area contributed by atoms with Crippen molar-refractivity contribution in [2.45, 2.75) is 38.5 Å². The number of fused-ring (bicyclic) bond motifs is 2. The van der Waals surface area contributed by atoms with Crippen molar-refractivity contribution in [2.24, 2.45) is 16.7 Å². The molecule has 0 spiro atoms. The van der Waals surface area contributed by atoms with E-state index in [-0.39, 0.29) is 17.5 Å². The molecule has 2 aliphatic rings. The molecule has 0 aromatic carbocycles. The van der Waals surface area contributed by atoms with Crippen molar-refractivity contribution in [1.29, 1.82) is 0 Å². The average molecular weight is 281 g/mol. The second kappa shape index (κ2) is 3.68. The van der Waals surface area contributed by atoms with Crippen LogP contribution in [0.5, 0.6) is 0 Å². The standard InChI is InChI=1S/C11H17ClO4S/c1-3-11-5-4-7(8(12)9(11)13)10(11,2)6-17(14,15)16/h7-8H,3-6H2,1-2H3,(H,14,15,16). The van der Waals surface area contributed by atoms with Gasteiger partial charge in [-0.3, -0.25) is 9.35 Å². The minimum Gasteiger partial charge on any atom is -0.297 e. The van der Waals surface area contributed by atoms with Crippen molar-refractivity contribution in [1.82, 2.24) is 0 Å². The molecule has 1 N–H and O–H groups in total. The summed E-state index contributed by atoms with van der Waals surface area (Å²) in [7, 11) is -4.10. The van der Waals surface area contributed by atoms with Gasteiger partial charge in [0.15, 0.2) is 5.78 Å². The fourth-order valence-corrected chi connectivity index (χ4v) is 5.92. The summed E-state index contributed by atoms with van der Waals surface area (Å²) in [5.41, 5.74) is -1.39. The molecule has 0 radical (unpaired) electrons. The van der Waals surface area contributed by atoms with E-state index in [4.69, 9.17) is 16.2 Å². The van der Waals surface area contributed by atoms with Crippen LogP contribution < -0.4 is 0 Å². The zero-order chi connectivity index (χ0) is 13.1. The van der Waals surface area contributed by atoms with Crippen LogP contribution in [0, 0.1) is 16.7 Å². The number of alkyl halides is 1. The van der Waals surface area contributed by atoms with Gasteiger partial charge in [-0.1, -0.05) is 13.8 Å². The predicted octanol–water partition coefficient (Wildman–Crippen LogP) is 1.88. The number of carbonyl (C=O) groups is 1. The Balaban J connectivity index is 2.50. The number of Topliss-reactive ketones (excluding diaryl/α,β-unsaturated/α-hetero) is 1. The average Bonchev–Trinajstić information content (AvgIpc) is 2.52. The van der Waals surface area contributed by atoms with Crippen molar-refractivity contribution < 1.29 is 17.8 Å². The first-order valence-electron chi connectivity index (χ1n) is 5.81. The summed E-state index contributed by atoms with van der Waals surface area (Å²) in [6, 6.07) is 0. The van der Waals surface area contributed by atoms with Gasteiger partial charge < -0.3 is 0 Å². The molecule has 0 saturated heterocycles. The second-order valence-corrected chi connectivity index (χ2v) is 7.41. The van der Waals surface area contributed by atoms with Crippen molar-refractivity contribution in [2.75, 3.05) is 5.75 Å². The van der Waals surface area contributed by atoms with E-state index < -0.39 is 26.3 Å². The van der Waals surface area contributed by atoms with Gasteiger partial charge >= 0.3 is 0 Å². The Bertz CT molecular complexity index is 460. The molecule has 0 aliphatic heterocycles. The van der Waals surface area contributed by atoms with E-state index in [0.29, 0.717) is 12.8 Å². The Kier molecular flexibility index (Phi) is 2.88. The molecule has 0 aromatic rings. The van der Waals surface area contributed by atoms with E-state index in [1.165, 1.54) is 0 Å². The molecule has 4 nitrogen and oxygen atoms in total. The van der Waals surface area contributed by atoms with Crippen LogP contribution in [-0.2, 0) is 14.9 Å². The maximum atomic E-state index is 12.2. The summed E-state index contributed by atoms with van der Waals surface area (Å²) in [6.07, 6.45) is 2.03. The summed E-state index contributed by atoms with van der Waals surface area (Å²) in [5.74, 6) is -0.546. The molecular weight excluding hydrogens is 264 g/mol. The van der Waals surface area contributed by atoms with E-state index in [0.717, 1.165) is 6.42 Å². The molecule has 98 valence electrons. The van der Waals surface area contributed by atoms with E-state index in [1.807, 2.05) is 6.92 Å². The first-order valence-corrected chi connectivity index (χ1v) is 7.86. The number of carbonyl (C=O) groups excluding carboxylic acids is 1. The summed E-state index contributed by atoms with van der Waals surface area (Å²) < 4.78 is 31.5. The molecule has 2 bridgehead atoms. The van der Waals surface area contributed by atoms with E-state index >= 15 is 0 Å². The minimum absolute atomic E-state index is 0.0379. The lowest BCUT2D eigenvalue weighted by molar-refractivity contribution is -0.129. The SMILES string of the molecule is CCC12CCC(C(Cl)C1=O)C2(C)CS(=O)(=O)O. The lowest BCUT2D eigenvalue weighted by atomic mass is 9.67. The molecule has 4 atom stereocenters. The molecule has 0 aromatic heterocycles. The highest BCUT2D eigenvalue weighted by atomic mass is 35.5. The lowest BCUT2D eigenvalue weighted by Crippen LogP contribution is -2.42. The molecule has 2 fully saturated rings. The largest absolute Gasteiger partial charge is 0.297 e. The second-order valence-electron chi connectivity index (χ2n) is 5.49. The predicted molar refractivity (Wildman–Crippen MR) is 64.6 cm³/mol. The zero-order valence-electron chi connectivity index (χ0n) is 9.94. The van der Waals surface area contributed by atoms with Gasteiger partial charge in [0.25, 0.3) is 10.1 Å². The molecule has 2 saturated carbocycles. The molecule has 0 amide bonds. The Morgan fingerprint density at radius 3 is 2.59 bits per heavy atom. The maximum Gasteiger partial charge on any atom is 0.265 e. The van der Waals surface area contributed by atoms with Crippen LogP contribution in [0.1, 0.15) is 33.1 Å². The number of rotatable bonds is 3. The van der Waals surface area contributed by atoms with Crippen LogP contribution in [0.4, 0.5) is 0 Å². The summed E-state index contributed by atoms with van der Waals surface area (Å²) in [4.78, 5) is 12.2. The Labute approximate surface area is 106 Å². The highest BCUT2D eigenvalue weighted by Crippen LogP contribution is 2.66. The fourth-order valence-electron chi connectivity index (χ4n) is 4.06. The number of hydrogen-bond acceptors (Lipinski definition) is 3. The Morgan fingerprint density at radius 1 is 1.53 bits per heavy atom. The van der Waals surface area contributed by atoms with Gasteiger partial charge in [0.05, 0.1) is 11.1 Å². The van der Waals surface area contributed by atoms with Crippen LogP contribution in [0.15, 0.2) is 0 Å². The molecule has 4 unspecified atom stereocenters. The van der Waals surface area contributed by atoms with Gasteiger partial charge in [-0.05, 0) is 25.2 Å². The molecular formula is C11H17ClO4S. The topological polar surface area (TPSA) is 71.4 Å². The smallest absolute Gasteiger partial charge is 0.265 e. The number of ketones is 1. The van der Waals surface area contributed by atoms with Crippen molar-refractivity contribution >= 4 is 27.5 Å². The van der Waals surface area contributed by atoms with Crippen molar-refractivity contribution in [3.63, 3.8) is 0 Å². The third kappa shape index (κ3) is 1.59. The summed E-state index contributed by atoms with van der Waals surface area (Å²) in [6.45, 7) is 3.67. The van der Waals surface area contributed by atoms with Crippen LogP contribution in [-0.4, -0.2) is 29.9 Å². The molecule has 0 heterocycles. The van der Waals surface area contributed by atoms with Crippen LogP contribution in [0.25, 0.3) is 0 Å². The quantitative estimate of drug-likeness (QED) is 0.633. The van der Waals surface area contributed by atoms with Gasteiger partial charge in [-0.2, -0.15) is 8.42 Å². The van der Waals surface area contributed by atoms with E-state index in [9.17, 15) is 13.2 Å². The number of halogens is 1. The first kappa shape index (κ1) is 13.3. The van der Waals surface area contributed by atoms with Crippen molar-refractivity contribution in [3.8, 4) is 0 Å². The lowest BCUT2D eigenvalue weighted by Gasteiger charge is -2.37. The van der Waals surface area contributed by atoms with Gasteiger partial charge in [0.2, 0.25) is 0 Å². The fraction of sp³-hybridized carbons (Fsp3) is 0.909. The normalized spacial score (nSPS) is 45.5. The summed E-state index contributed by atoms with van der Waals surface area (Å²) >= 11 is 6.11. The molecule has 2 aliphatic carbocycles. The van der Waals surface area contributed by atoms with Gasteiger partial charge in [-0.25, -0.2) is 0 Å². The Morgan fingerprint density at radius 2 is 2.12 bits per heavy atom. The van der Waals surface area contributed by atoms with Gasteiger partial charge in [0.1, 0.15) is 0 Å². The van der Waals surface area contributed by atoms with Gasteiger partial charge in [-0.15, -0.1) is 11.6 Å². The summed E-state index contributed by atoms with van der Waals surface area (Å²) in [5, 5.41) is -0.601. The van der Waals surface area contributed by atoms with E-state index in [1.54, 1.807) is 6.92 Å². The van der Waals surface area contributed by atoms with Crippen molar-refractivity contribution in [3.05, 3.63) is 0 Å². The molecule has 17 heavy (non-hydrogen) atoms. The monoisotopic (exact) mass is 280 g/mol.